The number of likely N-dealkylation sites (N-methyl/N-ethyl adjacent to an activating group) is 1. The first-order chi connectivity index (χ1) is 13.8. The van der Waals surface area contributed by atoms with E-state index < -0.39 is 42.8 Å². The minimum absolute atomic E-state index is 0.0400. The standard InChI is InChI=1S/C19H38N4O6/c1-9(23-2)14-7-15(12(22)8-27-14)28-17-10(20)6-11(21)18(16(17)25)29-19-13(24)4-3-5-26-19/h9-19,23-25H,3-8,20-22H2,1-2H3/t9-,10-,11+,12-,13+,14+,15+,16-,17-,18+,19+/m1/s1. The fourth-order valence-electron chi connectivity index (χ4n) is 4.37. The van der Waals surface area contributed by atoms with Crippen LogP contribution in [0.3, 0.4) is 0 Å². The molecule has 0 spiro atoms. The van der Waals surface area contributed by atoms with Gasteiger partial charge in [0.15, 0.2) is 6.29 Å². The zero-order valence-corrected chi connectivity index (χ0v) is 17.4. The van der Waals surface area contributed by atoms with Gasteiger partial charge in [-0.05, 0) is 33.2 Å². The van der Waals surface area contributed by atoms with Crippen molar-refractivity contribution in [3.8, 4) is 0 Å². The lowest BCUT2D eigenvalue weighted by molar-refractivity contribution is -0.269. The summed E-state index contributed by atoms with van der Waals surface area (Å²) in [5, 5.41) is 24.3. The van der Waals surface area contributed by atoms with Crippen LogP contribution in [-0.2, 0) is 18.9 Å². The highest BCUT2D eigenvalue weighted by molar-refractivity contribution is 5.00. The van der Waals surface area contributed by atoms with Crippen molar-refractivity contribution in [2.45, 2.75) is 99.7 Å². The molecule has 0 unspecified atom stereocenters. The topological polar surface area (TPSA) is 167 Å². The van der Waals surface area contributed by atoms with Crippen molar-refractivity contribution in [1.29, 1.82) is 0 Å². The van der Waals surface area contributed by atoms with E-state index in [0.717, 1.165) is 6.42 Å². The predicted octanol–water partition coefficient (Wildman–Crippen LogP) is -2.23. The minimum atomic E-state index is -1.05. The molecule has 3 aliphatic rings. The van der Waals surface area contributed by atoms with Crippen LogP contribution in [0.1, 0.15) is 32.6 Å². The Labute approximate surface area is 172 Å². The second-order valence-electron chi connectivity index (χ2n) is 8.59. The molecule has 2 saturated heterocycles. The largest absolute Gasteiger partial charge is 0.388 e. The Hall–Kier alpha value is -0.400. The molecule has 170 valence electrons. The lowest BCUT2D eigenvalue weighted by Gasteiger charge is -2.46. The van der Waals surface area contributed by atoms with E-state index in [2.05, 4.69) is 5.32 Å². The Morgan fingerprint density at radius 1 is 1.00 bits per heavy atom. The first-order valence-corrected chi connectivity index (χ1v) is 10.7. The highest BCUT2D eigenvalue weighted by Gasteiger charge is 2.47. The maximum Gasteiger partial charge on any atom is 0.183 e. The Bertz CT molecular complexity index is 517. The monoisotopic (exact) mass is 418 g/mol. The second-order valence-corrected chi connectivity index (χ2v) is 8.59. The van der Waals surface area contributed by atoms with Gasteiger partial charge < -0.3 is 51.7 Å². The van der Waals surface area contributed by atoms with Gasteiger partial charge in [-0.15, -0.1) is 0 Å². The van der Waals surface area contributed by atoms with Crippen molar-refractivity contribution in [3.63, 3.8) is 0 Å². The van der Waals surface area contributed by atoms with Gasteiger partial charge in [-0.1, -0.05) is 0 Å². The number of ether oxygens (including phenoxy) is 4. The third kappa shape index (κ3) is 5.45. The molecule has 3 rings (SSSR count). The highest BCUT2D eigenvalue weighted by atomic mass is 16.7. The van der Waals surface area contributed by atoms with Crippen LogP contribution in [0.15, 0.2) is 0 Å². The average molecular weight is 419 g/mol. The fraction of sp³-hybridized carbons (Fsp3) is 1.00. The van der Waals surface area contributed by atoms with Crippen molar-refractivity contribution < 1.29 is 29.2 Å². The van der Waals surface area contributed by atoms with E-state index in [1.165, 1.54) is 0 Å². The summed E-state index contributed by atoms with van der Waals surface area (Å²) in [7, 11) is 1.88. The van der Waals surface area contributed by atoms with Crippen LogP contribution >= 0.6 is 0 Å². The van der Waals surface area contributed by atoms with E-state index in [9.17, 15) is 10.2 Å². The summed E-state index contributed by atoms with van der Waals surface area (Å²) >= 11 is 0. The lowest BCUT2D eigenvalue weighted by Crippen LogP contribution is -2.65. The molecule has 1 saturated carbocycles. The van der Waals surface area contributed by atoms with Crippen LogP contribution in [0.5, 0.6) is 0 Å². The van der Waals surface area contributed by atoms with Crippen LogP contribution in [0.4, 0.5) is 0 Å². The average Bonchev–Trinajstić information content (AvgIpc) is 2.70. The smallest absolute Gasteiger partial charge is 0.183 e. The summed E-state index contributed by atoms with van der Waals surface area (Å²) in [5.41, 5.74) is 18.7. The van der Waals surface area contributed by atoms with Crippen molar-refractivity contribution in [2.24, 2.45) is 17.2 Å². The van der Waals surface area contributed by atoms with Crippen LogP contribution < -0.4 is 22.5 Å². The summed E-state index contributed by atoms with van der Waals surface area (Å²) in [5.74, 6) is 0. The zero-order chi connectivity index (χ0) is 21.1. The van der Waals surface area contributed by atoms with Gasteiger partial charge in [-0.2, -0.15) is 0 Å². The maximum atomic E-state index is 11.0. The zero-order valence-electron chi connectivity index (χ0n) is 17.4. The van der Waals surface area contributed by atoms with Gasteiger partial charge in [-0.3, -0.25) is 0 Å². The van der Waals surface area contributed by atoms with Crippen LogP contribution in [-0.4, -0.2) is 97.6 Å². The Morgan fingerprint density at radius 3 is 2.34 bits per heavy atom. The van der Waals surface area contributed by atoms with Gasteiger partial charge in [0.25, 0.3) is 0 Å². The molecule has 3 fully saturated rings. The molecule has 0 radical (unpaired) electrons. The first kappa shape index (κ1) is 23.3. The molecule has 9 N–H and O–H groups in total. The quantitative estimate of drug-likeness (QED) is 0.278. The molecule has 0 bridgehead atoms. The van der Waals surface area contributed by atoms with Gasteiger partial charge in [0.1, 0.15) is 24.4 Å². The molecule has 10 nitrogen and oxygen atoms in total. The Balaban J connectivity index is 1.65. The van der Waals surface area contributed by atoms with E-state index in [4.69, 9.17) is 36.1 Å². The SMILES string of the molecule is CN[C@H](C)[C@@H]1C[C@H](O[C@H]2[C@@H](O)[C@@H](O[C@@H]3OCCC[C@@H]3O)[C@@H](N)C[C@H]2N)[C@H](N)CO1. The van der Waals surface area contributed by atoms with E-state index in [0.29, 0.717) is 32.5 Å². The number of rotatable bonds is 6. The van der Waals surface area contributed by atoms with Gasteiger partial charge in [0.05, 0.1) is 24.9 Å². The summed E-state index contributed by atoms with van der Waals surface area (Å²) < 4.78 is 23.5. The van der Waals surface area contributed by atoms with Gasteiger partial charge in [-0.25, -0.2) is 0 Å². The van der Waals surface area contributed by atoms with Gasteiger partial charge in [0, 0.05) is 31.2 Å². The second kappa shape index (κ2) is 10.3. The maximum absolute atomic E-state index is 11.0. The van der Waals surface area contributed by atoms with Gasteiger partial charge >= 0.3 is 0 Å². The van der Waals surface area contributed by atoms with E-state index >= 15 is 0 Å². The lowest BCUT2D eigenvalue weighted by atomic mass is 9.84. The van der Waals surface area contributed by atoms with Gasteiger partial charge in [0.2, 0.25) is 0 Å². The predicted molar refractivity (Wildman–Crippen MR) is 106 cm³/mol. The molecule has 2 heterocycles. The molecule has 0 aromatic heterocycles. The molecule has 10 heteroatoms. The molecular formula is C19H38N4O6. The molecule has 0 amide bonds. The highest BCUT2D eigenvalue weighted by Crippen LogP contribution is 2.29. The number of aliphatic hydroxyl groups excluding tert-OH is 2. The number of hydrogen-bond donors (Lipinski definition) is 6. The minimum Gasteiger partial charge on any atom is -0.388 e. The molecule has 0 aromatic rings. The molecule has 1 aliphatic carbocycles. The number of aliphatic hydroxyl groups is 2. The van der Waals surface area contributed by atoms with Crippen LogP contribution in [0, 0.1) is 0 Å². The van der Waals surface area contributed by atoms with Crippen molar-refractivity contribution >= 4 is 0 Å². The third-order valence-electron chi connectivity index (χ3n) is 6.38. The van der Waals surface area contributed by atoms with E-state index in [-0.39, 0.29) is 24.3 Å². The van der Waals surface area contributed by atoms with Crippen molar-refractivity contribution in [2.75, 3.05) is 20.3 Å². The summed E-state index contributed by atoms with van der Waals surface area (Å²) in [6, 6.07) is -1.11. The van der Waals surface area contributed by atoms with Crippen molar-refractivity contribution in [3.05, 3.63) is 0 Å². The third-order valence-corrected chi connectivity index (χ3v) is 6.38. The summed E-state index contributed by atoms with van der Waals surface area (Å²) in [6.07, 6.45) is -2.01. The summed E-state index contributed by atoms with van der Waals surface area (Å²) in [4.78, 5) is 0. The van der Waals surface area contributed by atoms with E-state index in [1.54, 1.807) is 0 Å². The number of nitrogens with two attached hydrogens (primary N) is 3. The summed E-state index contributed by atoms with van der Waals surface area (Å²) in [6.45, 7) is 2.92. The molecule has 29 heavy (non-hydrogen) atoms. The van der Waals surface area contributed by atoms with Crippen molar-refractivity contribution in [1.82, 2.24) is 5.32 Å². The number of hydrogen-bond acceptors (Lipinski definition) is 10. The first-order valence-electron chi connectivity index (χ1n) is 10.7. The molecule has 11 atom stereocenters. The normalized spacial score (nSPS) is 47.7. The fourth-order valence-corrected chi connectivity index (χ4v) is 4.37. The molecule has 2 aliphatic heterocycles. The molecule has 0 aromatic carbocycles. The molecular weight excluding hydrogens is 380 g/mol. The van der Waals surface area contributed by atoms with Crippen LogP contribution in [0.2, 0.25) is 0 Å². The Morgan fingerprint density at radius 2 is 1.69 bits per heavy atom. The Kier molecular flexibility index (Phi) is 8.24. The number of nitrogens with one attached hydrogen (secondary N) is 1. The van der Waals surface area contributed by atoms with Crippen LogP contribution in [0.25, 0.3) is 0 Å². The van der Waals surface area contributed by atoms with E-state index in [1.807, 2.05) is 14.0 Å².